The number of anilines is 2. The van der Waals surface area contributed by atoms with Crippen molar-refractivity contribution < 1.29 is 9.13 Å². The van der Waals surface area contributed by atoms with Crippen molar-refractivity contribution >= 4 is 22.4 Å². The number of nitrogens with zero attached hydrogens (tertiary/aromatic N) is 3. The van der Waals surface area contributed by atoms with E-state index in [0.717, 1.165) is 61.5 Å². The van der Waals surface area contributed by atoms with Gasteiger partial charge in [-0.3, -0.25) is 0 Å². The molecule has 1 unspecified atom stereocenters. The third-order valence-corrected chi connectivity index (χ3v) is 6.23. The van der Waals surface area contributed by atoms with Gasteiger partial charge in [-0.1, -0.05) is 0 Å². The van der Waals surface area contributed by atoms with Crippen LogP contribution in [0.4, 0.5) is 15.9 Å². The van der Waals surface area contributed by atoms with E-state index < -0.39 is 0 Å². The van der Waals surface area contributed by atoms with E-state index >= 15 is 0 Å². The average Bonchev–Trinajstić information content (AvgIpc) is 3.41. The maximum absolute atomic E-state index is 13.5. The lowest BCUT2D eigenvalue weighted by atomic mass is 10.0. The van der Waals surface area contributed by atoms with Crippen LogP contribution in [0.25, 0.3) is 10.9 Å². The maximum atomic E-state index is 13.5. The molecule has 0 radical (unpaired) electrons. The van der Waals surface area contributed by atoms with Gasteiger partial charge >= 0.3 is 0 Å². The van der Waals surface area contributed by atoms with Crippen LogP contribution in [0.5, 0.6) is 0 Å². The van der Waals surface area contributed by atoms with E-state index in [1.165, 1.54) is 11.3 Å². The van der Waals surface area contributed by atoms with Crippen LogP contribution in [0.3, 0.4) is 0 Å². The second kappa shape index (κ2) is 5.70. The minimum Gasteiger partial charge on any atom is -0.374 e. The number of aromatic nitrogens is 2. The summed E-state index contributed by atoms with van der Waals surface area (Å²) in [5, 5.41) is 1.12. The molecule has 3 aromatic rings. The van der Waals surface area contributed by atoms with E-state index in [4.69, 9.17) is 9.72 Å². The van der Waals surface area contributed by atoms with Crippen LogP contribution in [-0.2, 0) is 17.7 Å². The summed E-state index contributed by atoms with van der Waals surface area (Å²) in [6.45, 7) is 3.54. The highest BCUT2D eigenvalue weighted by Gasteiger charge is 2.39. The normalized spacial score (nSPS) is 24.0. The summed E-state index contributed by atoms with van der Waals surface area (Å²) in [7, 11) is 0. The fraction of sp³-hybridized carbons (Fsp3) is 0.381. The third-order valence-electron chi connectivity index (χ3n) is 6.23. The Hall–Kier alpha value is -2.60. The summed E-state index contributed by atoms with van der Waals surface area (Å²) in [4.78, 5) is 12.9. The van der Waals surface area contributed by atoms with Crippen molar-refractivity contribution in [1.29, 1.82) is 0 Å². The zero-order valence-electron chi connectivity index (χ0n) is 15.0. The summed E-state index contributed by atoms with van der Waals surface area (Å²) in [6, 6.07) is 9.80. The Morgan fingerprint density at radius 3 is 2.96 bits per heavy atom. The molecule has 2 atom stereocenters. The molecule has 2 saturated heterocycles. The molecule has 0 aliphatic carbocycles. The quantitative estimate of drug-likeness (QED) is 0.758. The van der Waals surface area contributed by atoms with Crippen LogP contribution in [0.2, 0.25) is 0 Å². The Labute approximate surface area is 156 Å². The lowest BCUT2D eigenvalue weighted by Gasteiger charge is -2.31. The van der Waals surface area contributed by atoms with Gasteiger partial charge in [0.2, 0.25) is 0 Å². The molecule has 2 bridgehead atoms. The fourth-order valence-electron chi connectivity index (χ4n) is 4.83. The summed E-state index contributed by atoms with van der Waals surface area (Å²) in [6.07, 6.45) is 4.42. The Balaban J connectivity index is 1.26. The summed E-state index contributed by atoms with van der Waals surface area (Å²) < 4.78 is 19.2. The number of ether oxygens (including phenoxy) is 1. The molecule has 5 nitrogen and oxygen atoms in total. The van der Waals surface area contributed by atoms with Gasteiger partial charge in [-0.15, -0.1) is 0 Å². The van der Waals surface area contributed by atoms with Gasteiger partial charge in [0.05, 0.1) is 30.6 Å². The first kappa shape index (κ1) is 15.5. The molecule has 1 aromatic carbocycles. The zero-order chi connectivity index (χ0) is 18.0. The topological polar surface area (TPSA) is 44.4 Å². The monoisotopic (exact) mass is 364 g/mol. The van der Waals surface area contributed by atoms with Crippen LogP contribution in [-0.4, -0.2) is 41.8 Å². The predicted octanol–water partition coefficient (Wildman–Crippen LogP) is 3.24. The average molecular weight is 364 g/mol. The number of aromatic amines is 1. The lowest BCUT2D eigenvalue weighted by molar-refractivity contribution is 0.0989. The van der Waals surface area contributed by atoms with Gasteiger partial charge in [0.15, 0.2) is 0 Å². The standard InChI is InChI=1S/C21H21FN4O/c22-13-1-3-17-18-11-25(6-5-19(18)24-20(17)7-13)14-2-4-21(23-9-14)26-10-16-8-15(26)12-27-16/h1-4,7,9,15-16,24H,5-6,8,10-12H2/t15?,16-/m1/s1. The summed E-state index contributed by atoms with van der Waals surface area (Å²) in [5.74, 6) is 0.855. The number of hydrogen-bond donors (Lipinski definition) is 1. The first-order valence-corrected chi connectivity index (χ1v) is 9.63. The van der Waals surface area contributed by atoms with Gasteiger partial charge in [-0.25, -0.2) is 9.37 Å². The van der Waals surface area contributed by atoms with Crippen molar-refractivity contribution in [2.45, 2.75) is 31.5 Å². The first-order valence-electron chi connectivity index (χ1n) is 9.63. The van der Waals surface area contributed by atoms with Crippen LogP contribution >= 0.6 is 0 Å². The first-order chi connectivity index (χ1) is 13.2. The van der Waals surface area contributed by atoms with Gasteiger partial charge < -0.3 is 19.5 Å². The van der Waals surface area contributed by atoms with E-state index in [-0.39, 0.29) is 5.82 Å². The molecular formula is C21H21FN4O. The van der Waals surface area contributed by atoms with E-state index in [0.29, 0.717) is 12.1 Å². The van der Waals surface area contributed by atoms with E-state index in [9.17, 15) is 4.39 Å². The summed E-state index contributed by atoms with van der Waals surface area (Å²) >= 11 is 0. The van der Waals surface area contributed by atoms with E-state index in [1.807, 2.05) is 12.3 Å². The van der Waals surface area contributed by atoms with Crippen molar-refractivity contribution in [3.8, 4) is 0 Å². The van der Waals surface area contributed by atoms with Crippen LogP contribution in [0.1, 0.15) is 17.7 Å². The fourth-order valence-corrected chi connectivity index (χ4v) is 4.83. The second-order valence-corrected chi connectivity index (χ2v) is 7.82. The van der Waals surface area contributed by atoms with Gasteiger partial charge in [0, 0.05) is 48.2 Å². The molecule has 0 amide bonds. The molecule has 6 heteroatoms. The molecule has 6 rings (SSSR count). The number of fused-ring (bicyclic) bond motifs is 5. The van der Waals surface area contributed by atoms with Gasteiger partial charge in [-0.2, -0.15) is 0 Å². The van der Waals surface area contributed by atoms with Crippen molar-refractivity contribution in [3.05, 3.63) is 53.6 Å². The molecule has 2 fully saturated rings. The Morgan fingerprint density at radius 2 is 2.19 bits per heavy atom. The molecule has 3 aliphatic rings. The maximum Gasteiger partial charge on any atom is 0.129 e. The van der Waals surface area contributed by atoms with Crippen molar-refractivity contribution in [3.63, 3.8) is 0 Å². The highest BCUT2D eigenvalue weighted by atomic mass is 19.1. The number of nitrogens with one attached hydrogen (secondary N) is 1. The van der Waals surface area contributed by atoms with Gasteiger partial charge in [0.25, 0.3) is 0 Å². The minimum atomic E-state index is -0.196. The molecule has 0 spiro atoms. The third kappa shape index (κ3) is 2.43. The number of benzene rings is 1. The molecule has 1 N–H and O–H groups in total. The van der Waals surface area contributed by atoms with E-state index in [2.05, 4.69) is 26.9 Å². The highest BCUT2D eigenvalue weighted by Crippen LogP contribution is 2.33. The molecule has 5 heterocycles. The molecule has 3 aliphatic heterocycles. The second-order valence-electron chi connectivity index (χ2n) is 7.82. The molecular weight excluding hydrogens is 343 g/mol. The van der Waals surface area contributed by atoms with Gasteiger partial charge in [-0.05, 0) is 36.8 Å². The lowest BCUT2D eigenvalue weighted by Crippen LogP contribution is -2.37. The van der Waals surface area contributed by atoms with Crippen molar-refractivity contribution in [2.75, 3.05) is 29.5 Å². The van der Waals surface area contributed by atoms with Crippen LogP contribution in [0, 0.1) is 5.82 Å². The van der Waals surface area contributed by atoms with E-state index in [1.54, 1.807) is 12.1 Å². The number of halogens is 1. The largest absolute Gasteiger partial charge is 0.374 e. The molecule has 0 saturated carbocycles. The Morgan fingerprint density at radius 1 is 1.22 bits per heavy atom. The Bertz CT molecular complexity index is 1010. The Kier molecular flexibility index (Phi) is 3.26. The zero-order valence-corrected chi connectivity index (χ0v) is 15.0. The smallest absolute Gasteiger partial charge is 0.129 e. The highest BCUT2D eigenvalue weighted by molar-refractivity contribution is 5.85. The number of H-pyrrole nitrogens is 1. The molecule has 2 aromatic heterocycles. The molecule has 27 heavy (non-hydrogen) atoms. The SMILES string of the molecule is Fc1ccc2c3c([nH]c2c1)CCN(c1ccc(N2C[C@H]4CC2CO4)nc1)C3. The van der Waals surface area contributed by atoms with Crippen molar-refractivity contribution in [1.82, 2.24) is 9.97 Å². The number of hydrogen-bond acceptors (Lipinski definition) is 4. The van der Waals surface area contributed by atoms with Crippen LogP contribution < -0.4 is 9.80 Å². The number of pyridine rings is 1. The molecule has 138 valence electrons. The number of rotatable bonds is 2. The van der Waals surface area contributed by atoms with Crippen LogP contribution in [0.15, 0.2) is 36.5 Å². The summed E-state index contributed by atoms with van der Waals surface area (Å²) in [5.41, 5.74) is 4.53. The number of morpholine rings is 1. The predicted molar refractivity (Wildman–Crippen MR) is 103 cm³/mol. The van der Waals surface area contributed by atoms with Crippen molar-refractivity contribution in [2.24, 2.45) is 0 Å². The minimum absolute atomic E-state index is 0.196. The van der Waals surface area contributed by atoms with Gasteiger partial charge in [0.1, 0.15) is 11.6 Å².